The average molecular weight is 181 g/mol. The van der Waals surface area contributed by atoms with Crippen molar-refractivity contribution >= 4 is 23.1 Å². The Balaban J connectivity index is -0.000000177. The van der Waals surface area contributed by atoms with Gasteiger partial charge in [0, 0.05) is 0 Å². The molecule has 0 fully saturated rings. The van der Waals surface area contributed by atoms with Crippen LogP contribution < -0.4 is 0 Å². The van der Waals surface area contributed by atoms with Crippen LogP contribution in [-0.2, 0) is 0 Å². The third-order valence-corrected chi connectivity index (χ3v) is 1.28. The first kappa shape index (κ1) is 18.5. The quantitative estimate of drug-likeness (QED) is 0.350. The van der Waals surface area contributed by atoms with Crippen molar-refractivity contribution in [1.29, 1.82) is 0 Å². The first-order valence-electron chi connectivity index (χ1n) is 4.72. The fourth-order valence-corrected chi connectivity index (χ4v) is 0.729. The van der Waals surface area contributed by atoms with Crippen molar-refractivity contribution in [2.45, 2.75) is 53.4 Å². The predicted molar refractivity (Wildman–Crippen MR) is 60.1 cm³/mol. The molecule has 0 saturated carbocycles. The van der Waals surface area contributed by atoms with Crippen LogP contribution in [-0.4, -0.2) is 23.1 Å². The van der Waals surface area contributed by atoms with Crippen molar-refractivity contribution in [1.82, 2.24) is 0 Å². The Bertz CT molecular complexity index is 51.0. The van der Waals surface area contributed by atoms with Crippen LogP contribution in [0.2, 0.25) is 0 Å². The normalized spacial score (nSPS) is 8.50. The summed E-state index contributed by atoms with van der Waals surface area (Å²) in [6.45, 7) is 12.3. The summed E-state index contributed by atoms with van der Waals surface area (Å²) >= 11 is 0. The van der Waals surface area contributed by atoms with Crippen LogP contribution in [0.1, 0.15) is 53.4 Å². The van der Waals surface area contributed by atoms with Crippen molar-refractivity contribution in [3.05, 3.63) is 13.3 Å². The molecular weight excluding hydrogens is 156 g/mol. The monoisotopic (exact) mass is 180 g/mol. The molecule has 12 heavy (non-hydrogen) atoms. The van der Waals surface area contributed by atoms with E-state index in [1.807, 2.05) is 20.3 Å². The van der Waals surface area contributed by atoms with Crippen LogP contribution in [0.3, 0.4) is 0 Å². The summed E-state index contributed by atoms with van der Waals surface area (Å²) in [7, 11) is 0. The number of rotatable bonds is 4. The first-order valence-corrected chi connectivity index (χ1v) is 4.72. The minimum atomic E-state index is 0. The van der Waals surface area contributed by atoms with Crippen LogP contribution in [0.15, 0.2) is 0 Å². The van der Waals surface area contributed by atoms with Gasteiger partial charge in [-0.2, -0.15) is 20.3 Å². The molecule has 0 amide bonds. The molecule has 0 aliphatic rings. The zero-order chi connectivity index (χ0) is 9.11. The van der Waals surface area contributed by atoms with Gasteiger partial charge in [-0.05, 0) is 5.92 Å². The van der Waals surface area contributed by atoms with E-state index < -0.39 is 0 Å². The van der Waals surface area contributed by atoms with Gasteiger partial charge >= 0.3 is 23.1 Å². The van der Waals surface area contributed by atoms with Gasteiger partial charge in [0.25, 0.3) is 0 Å². The fraction of sp³-hybridized carbons (Fsp3) is 0.818. The summed E-state index contributed by atoms with van der Waals surface area (Å²) in [6, 6.07) is 0. The van der Waals surface area contributed by atoms with Gasteiger partial charge in [0.2, 0.25) is 0 Å². The molecule has 1 heteroatoms. The predicted octanol–water partition coefficient (Wildman–Crippen LogP) is 3.89. The maximum absolute atomic E-state index is 3.78. The molecule has 0 N–H and O–H groups in total. The van der Waals surface area contributed by atoms with E-state index in [1.165, 1.54) is 19.3 Å². The van der Waals surface area contributed by atoms with Crippen molar-refractivity contribution in [2.75, 3.05) is 0 Å². The first-order chi connectivity index (χ1) is 5.18. The van der Waals surface area contributed by atoms with Crippen LogP contribution >= 0.6 is 0 Å². The zero-order valence-corrected chi connectivity index (χ0v) is 10.8. The van der Waals surface area contributed by atoms with Gasteiger partial charge in [0.05, 0.1) is 0 Å². The van der Waals surface area contributed by atoms with Crippen LogP contribution in [0.4, 0.5) is 0 Å². The van der Waals surface area contributed by atoms with Gasteiger partial charge in [0.1, 0.15) is 0 Å². The molecule has 0 unspecified atom stereocenters. The Labute approximate surface area is 95.7 Å². The van der Waals surface area contributed by atoms with E-state index in [0.717, 1.165) is 12.3 Å². The van der Waals surface area contributed by atoms with Gasteiger partial charge in [-0.25, -0.2) is 0 Å². The van der Waals surface area contributed by atoms with E-state index in [9.17, 15) is 0 Å². The van der Waals surface area contributed by atoms with Gasteiger partial charge in [0.15, 0.2) is 0 Å². The van der Waals surface area contributed by atoms with Crippen LogP contribution in [0.25, 0.3) is 0 Å². The third-order valence-electron chi connectivity index (χ3n) is 1.28. The maximum atomic E-state index is 3.78. The van der Waals surface area contributed by atoms with Crippen LogP contribution in [0, 0.1) is 19.3 Å². The van der Waals surface area contributed by atoms with Crippen molar-refractivity contribution in [2.24, 2.45) is 5.92 Å². The van der Waals surface area contributed by atoms with E-state index in [4.69, 9.17) is 0 Å². The molecule has 0 aliphatic heterocycles. The number of unbranched alkanes of at least 4 members (excludes halogenated alkanes) is 2. The van der Waals surface area contributed by atoms with E-state index in [2.05, 4.69) is 20.8 Å². The van der Waals surface area contributed by atoms with Crippen molar-refractivity contribution in [3.63, 3.8) is 0 Å². The Morgan fingerprint density at radius 2 is 1.58 bits per heavy atom. The molecule has 0 radical (unpaired) electrons. The summed E-state index contributed by atoms with van der Waals surface area (Å²) in [5, 5.41) is 0. The molecule has 0 heterocycles. The maximum Gasteiger partial charge on any atom is 2.00 e. The summed E-state index contributed by atoms with van der Waals surface area (Å²) in [6.07, 6.45) is 7.14. The standard InChI is InChI=1S/C8H17.C3H7.Mg/c1-4-5-6-7-8(2)3;1-3-2;/h8H,1,4-7H2,2-3H3;3H,1-2H3;/q2*-1;+2. The smallest absolute Gasteiger partial charge is 0.343 e. The van der Waals surface area contributed by atoms with E-state index in [1.54, 1.807) is 0 Å². The summed E-state index contributed by atoms with van der Waals surface area (Å²) in [4.78, 5) is 0. The second kappa shape index (κ2) is 17.7. The van der Waals surface area contributed by atoms with Gasteiger partial charge in [-0.1, -0.05) is 33.1 Å². The molecule has 0 aromatic heterocycles. The van der Waals surface area contributed by atoms with E-state index in [-0.39, 0.29) is 23.1 Å². The molecule has 0 aromatic rings. The van der Waals surface area contributed by atoms with Gasteiger partial charge in [-0.3, -0.25) is 0 Å². The minimum absolute atomic E-state index is 0. The molecular formula is C11H24Mg. The van der Waals surface area contributed by atoms with Gasteiger partial charge < -0.3 is 13.3 Å². The topological polar surface area (TPSA) is 0 Å². The average Bonchev–Trinajstić information content (AvgIpc) is 1.89. The van der Waals surface area contributed by atoms with Crippen LogP contribution in [0.5, 0.6) is 0 Å². The molecule has 0 aromatic carbocycles. The Hall–Kier alpha value is 0.766. The van der Waals surface area contributed by atoms with E-state index >= 15 is 0 Å². The SMILES string of the molecule is C[CH-]C.[CH2-]CCCCC(C)C.[Mg+2]. The van der Waals surface area contributed by atoms with Gasteiger partial charge in [-0.15, -0.1) is 0 Å². The molecule has 0 spiro atoms. The van der Waals surface area contributed by atoms with Crippen molar-refractivity contribution in [3.8, 4) is 0 Å². The van der Waals surface area contributed by atoms with E-state index in [0.29, 0.717) is 0 Å². The summed E-state index contributed by atoms with van der Waals surface area (Å²) in [5.41, 5.74) is 0. The summed E-state index contributed by atoms with van der Waals surface area (Å²) < 4.78 is 0. The Morgan fingerprint density at radius 1 is 1.17 bits per heavy atom. The third kappa shape index (κ3) is 30.9. The molecule has 0 bridgehead atoms. The molecule has 0 saturated heterocycles. The molecule has 70 valence electrons. The molecule has 0 atom stereocenters. The number of hydrogen-bond acceptors (Lipinski definition) is 0. The minimum Gasteiger partial charge on any atom is -0.343 e. The Kier molecular flexibility index (Phi) is 27.4. The second-order valence-corrected chi connectivity index (χ2v) is 3.32. The molecule has 0 rings (SSSR count). The largest absolute Gasteiger partial charge is 2.00 e. The fourth-order valence-electron chi connectivity index (χ4n) is 0.729. The number of hydrogen-bond donors (Lipinski definition) is 0. The zero-order valence-electron chi connectivity index (χ0n) is 9.40. The molecule has 0 aliphatic carbocycles. The second-order valence-electron chi connectivity index (χ2n) is 3.32. The Morgan fingerprint density at radius 3 is 1.83 bits per heavy atom. The molecule has 0 nitrogen and oxygen atoms in total. The summed E-state index contributed by atoms with van der Waals surface area (Å²) in [5.74, 6) is 0.876. The van der Waals surface area contributed by atoms with Crippen molar-refractivity contribution < 1.29 is 0 Å².